The Morgan fingerprint density at radius 3 is 2.38 bits per heavy atom. The van der Waals surface area contributed by atoms with Crippen LogP contribution in [0.3, 0.4) is 0 Å². The molecule has 4 heteroatoms. The first kappa shape index (κ1) is 12.0. The van der Waals surface area contributed by atoms with Gasteiger partial charge in [0.2, 0.25) is 0 Å². The molecular weight excluding hydrogens is 208 g/mol. The molecule has 0 saturated heterocycles. The summed E-state index contributed by atoms with van der Waals surface area (Å²) in [6, 6.07) is 7.28. The number of aliphatic carboxylic acids is 2. The van der Waals surface area contributed by atoms with Crippen LogP contribution in [0, 0.1) is 6.92 Å². The maximum absolute atomic E-state index is 10.8. The Kier molecular flexibility index (Phi) is 3.83. The van der Waals surface area contributed by atoms with Crippen molar-refractivity contribution in [1.29, 1.82) is 0 Å². The molecule has 4 nitrogen and oxygen atoms in total. The normalized spacial score (nSPS) is 11.2. The number of carboxylic acids is 2. The van der Waals surface area contributed by atoms with Gasteiger partial charge < -0.3 is 10.2 Å². The van der Waals surface area contributed by atoms with E-state index in [0.29, 0.717) is 0 Å². The van der Waals surface area contributed by atoms with Crippen molar-refractivity contribution in [2.45, 2.75) is 13.3 Å². The number of hydrogen-bond acceptors (Lipinski definition) is 2. The topological polar surface area (TPSA) is 74.6 Å². The largest absolute Gasteiger partial charge is 0.478 e. The molecule has 16 heavy (non-hydrogen) atoms. The molecule has 2 N–H and O–H groups in total. The van der Waals surface area contributed by atoms with Crippen molar-refractivity contribution in [1.82, 2.24) is 0 Å². The van der Waals surface area contributed by atoms with Gasteiger partial charge in [0.1, 0.15) is 0 Å². The molecule has 0 aromatic heterocycles. The van der Waals surface area contributed by atoms with Crippen molar-refractivity contribution in [2.75, 3.05) is 0 Å². The fraction of sp³-hybridized carbons (Fsp3) is 0.167. The van der Waals surface area contributed by atoms with Gasteiger partial charge in [-0.05, 0) is 18.1 Å². The molecule has 0 aliphatic rings. The molecule has 1 aromatic rings. The Morgan fingerprint density at radius 1 is 1.25 bits per heavy atom. The lowest BCUT2D eigenvalue weighted by atomic mass is 10.0. The van der Waals surface area contributed by atoms with E-state index < -0.39 is 11.9 Å². The second kappa shape index (κ2) is 5.11. The summed E-state index contributed by atoms with van der Waals surface area (Å²) in [6.07, 6.45) is 0.850. The molecule has 0 amide bonds. The fourth-order valence-corrected chi connectivity index (χ4v) is 1.35. The monoisotopic (exact) mass is 220 g/mol. The third-order valence-electron chi connectivity index (χ3n) is 2.21. The van der Waals surface area contributed by atoms with Gasteiger partial charge in [0.15, 0.2) is 0 Å². The van der Waals surface area contributed by atoms with Crippen molar-refractivity contribution in [3.8, 4) is 0 Å². The van der Waals surface area contributed by atoms with Gasteiger partial charge in [-0.2, -0.15) is 0 Å². The highest BCUT2D eigenvalue weighted by molar-refractivity contribution is 5.95. The minimum atomic E-state index is -1.24. The maximum Gasteiger partial charge on any atom is 0.332 e. The van der Waals surface area contributed by atoms with Crippen LogP contribution in [0.1, 0.15) is 11.1 Å². The minimum absolute atomic E-state index is 0.119. The quantitative estimate of drug-likeness (QED) is 0.756. The van der Waals surface area contributed by atoms with E-state index in [0.717, 1.165) is 17.2 Å². The van der Waals surface area contributed by atoms with E-state index in [1.165, 1.54) is 0 Å². The summed E-state index contributed by atoms with van der Waals surface area (Å²) in [7, 11) is 0. The van der Waals surface area contributed by atoms with E-state index >= 15 is 0 Å². The van der Waals surface area contributed by atoms with Gasteiger partial charge in [-0.3, -0.25) is 0 Å². The summed E-state index contributed by atoms with van der Waals surface area (Å²) in [6.45, 7) is 1.86. The lowest BCUT2D eigenvalue weighted by Crippen LogP contribution is -2.07. The van der Waals surface area contributed by atoms with Crippen molar-refractivity contribution < 1.29 is 19.8 Å². The van der Waals surface area contributed by atoms with Gasteiger partial charge in [-0.25, -0.2) is 9.59 Å². The van der Waals surface area contributed by atoms with Crippen LogP contribution in [0.2, 0.25) is 0 Å². The van der Waals surface area contributed by atoms with Crippen LogP contribution in [0.4, 0.5) is 0 Å². The predicted molar refractivity (Wildman–Crippen MR) is 58.2 cm³/mol. The Hall–Kier alpha value is -2.10. The highest BCUT2D eigenvalue weighted by Gasteiger charge is 2.11. The molecule has 0 heterocycles. The molecule has 0 fully saturated rings. The van der Waals surface area contributed by atoms with Crippen LogP contribution in [0.15, 0.2) is 35.9 Å². The van der Waals surface area contributed by atoms with Gasteiger partial charge >= 0.3 is 11.9 Å². The number of benzene rings is 1. The van der Waals surface area contributed by atoms with E-state index in [4.69, 9.17) is 10.2 Å². The Balaban J connectivity index is 2.98. The lowest BCUT2D eigenvalue weighted by molar-refractivity contribution is -0.135. The smallest absolute Gasteiger partial charge is 0.332 e. The lowest BCUT2D eigenvalue weighted by Gasteiger charge is -2.05. The summed E-state index contributed by atoms with van der Waals surface area (Å²) in [5.74, 6) is -2.45. The highest BCUT2D eigenvalue weighted by Crippen LogP contribution is 2.13. The SMILES string of the molecule is Cc1ccccc1C/C(=C\C(=O)O)C(=O)O. The first-order chi connectivity index (χ1) is 7.50. The van der Waals surface area contributed by atoms with E-state index in [1.54, 1.807) is 12.1 Å². The molecule has 0 bridgehead atoms. The second-order valence-electron chi connectivity index (χ2n) is 3.42. The van der Waals surface area contributed by atoms with Gasteiger partial charge in [0.25, 0.3) is 0 Å². The molecule has 84 valence electrons. The van der Waals surface area contributed by atoms with E-state index in [1.807, 2.05) is 19.1 Å². The highest BCUT2D eigenvalue weighted by atomic mass is 16.4. The van der Waals surface area contributed by atoms with E-state index in [9.17, 15) is 9.59 Å². The molecule has 0 spiro atoms. The molecule has 0 aliphatic carbocycles. The van der Waals surface area contributed by atoms with Crippen molar-refractivity contribution >= 4 is 11.9 Å². The zero-order valence-corrected chi connectivity index (χ0v) is 8.80. The van der Waals surface area contributed by atoms with Crippen molar-refractivity contribution in [2.24, 2.45) is 0 Å². The summed E-state index contributed by atoms with van der Waals surface area (Å²) >= 11 is 0. The summed E-state index contributed by atoms with van der Waals surface area (Å²) in [5.41, 5.74) is 1.64. The molecule has 0 saturated carbocycles. The summed E-state index contributed by atoms with van der Waals surface area (Å²) < 4.78 is 0. The second-order valence-corrected chi connectivity index (χ2v) is 3.42. The number of carboxylic acid groups (broad SMARTS) is 2. The fourth-order valence-electron chi connectivity index (χ4n) is 1.35. The van der Waals surface area contributed by atoms with Gasteiger partial charge in [-0.15, -0.1) is 0 Å². The van der Waals surface area contributed by atoms with Gasteiger partial charge in [0.05, 0.1) is 0 Å². The summed E-state index contributed by atoms with van der Waals surface area (Å²) in [5, 5.41) is 17.4. The Morgan fingerprint density at radius 2 is 1.88 bits per heavy atom. The first-order valence-electron chi connectivity index (χ1n) is 4.72. The minimum Gasteiger partial charge on any atom is -0.478 e. The maximum atomic E-state index is 10.8. The number of rotatable bonds is 4. The average molecular weight is 220 g/mol. The van der Waals surface area contributed by atoms with Crippen LogP contribution in [-0.4, -0.2) is 22.2 Å². The molecule has 0 unspecified atom stereocenters. The van der Waals surface area contributed by atoms with Crippen LogP contribution in [-0.2, 0) is 16.0 Å². The Bertz CT molecular complexity index is 446. The molecular formula is C12H12O4. The van der Waals surface area contributed by atoms with Crippen LogP contribution in [0.5, 0.6) is 0 Å². The molecule has 0 radical (unpaired) electrons. The Labute approximate surface area is 92.8 Å². The van der Waals surface area contributed by atoms with Crippen molar-refractivity contribution in [3.05, 3.63) is 47.0 Å². The summed E-state index contributed by atoms with van der Waals surface area (Å²) in [4.78, 5) is 21.3. The van der Waals surface area contributed by atoms with Crippen molar-refractivity contribution in [3.63, 3.8) is 0 Å². The standard InChI is InChI=1S/C12H12O4/c1-8-4-2-3-5-9(8)6-10(12(15)16)7-11(13)14/h2-5,7H,6H2,1H3,(H,13,14)(H,15,16)/b10-7+. The van der Waals surface area contributed by atoms with Crippen LogP contribution in [0.25, 0.3) is 0 Å². The molecule has 0 aliphatic heterocycles. The van der Waals surface area contributed by atoms with Crippen LogP contribution < -0.4 is 0 Å². The zero-order chi connectivity index (χ0) is 12.1. The zero-order valence-electron chi connectivity index (χ0n) is 8.80. The third kappa shape index (κ3) is 3.24. The van der Waals surface area contributed by atoms with E-state index in [-0.39, 0.29) is 12.0 Å². The third-order valence-corrected chi connectivity index (χ3v) is 2.21. The first-order valence-corrected chi connectivity index (χ1v) is 4.72. The van der Waals surface area contributed by atoms with Gasteiger partial charge in [-0.1, -0.05) is 24.3 Å². The van der Waals surface area contributed by atoms with E-state index in [2.05, 4.69) is 0 Å². The van der Waals surface area contributed by atoms with Gasteiger partial charge in [0, 0.05) is 18.1 Å². The average Bonchev–Trinajstić information content (AvgIpc) is 2.19. The number of carbonyl (C=O) groups is 2. The molecule has 0 atom stereocenters. The molecule has 1 aromatic carbocycles. The predicted octanol–water partition coefficient (Wildman–Crippen LogP) is 1.63. The van der Waals surface area contributed by atoms with Crippen LogP contribution >= 0.6 is 0 Å². The molecule has 1 rings (SSSR count). The number of hydrogen-bond donors (Lipinski definition) is 2. The number of aryl methyl sites for hydroxylation is 1.